The van der Waals surface area contributed by atoms with Gasteiger partial charge in [0.25, 0.3) is 11.6 Å². The number of benzene rings is 1. The molecule has 1 aromatic heterocycles. The van der Waals surface area contributed by atoms with Crippen LogP contribution in [0, 0.1) is 22.0 Å². The number of fused-ring (bicyclic) bond motifs is 1. The van der Waals surface area contributed by atoms with Gasteiger partial charge in [-0.1, -0.05) is 12.8 Å². The van der Waals surface area contributed by atoms with Crippen molar-refractivity contribution in [2.24, 2.45) is 11.8 Å². The van der Waals surface area contributed by atoms with Crippen molar-refractivity contribution in [1.29, 1.82) is 0 Å². The van der Waals surface area contributed by atoms with Crippen molar-refractivity contribution >= 4 is 23.5 Å². The smallest absolute Gasteiger partial charge is 0.326 e. The number of hydrogen-bond acceptors (Lipinski definition) is 9. The lowest BCUT2D eigenvalue weighted by Gasteiger charge is -2.19. The van der Waals surface area contributed by atoms with Gasteiger partial charge in [-0.15, -0.1) is 10.2 Å². The Morgan fingerprint density at radius 1 is 1.19 bits per heavy atom. The molecule has 2 aromatic rings. The van der Waals surface area contributed by atoms with Crippen molar-refractivity contribution in [3.8, 4) is 11.5 Å². The van der Waals surface area contributed by atoms with Crippen LogP contribution < -0.4 is 0 Å². The molecule has 0 spiro atoms. The van der Waals surface area contributed by atoms with Gasteiger partial charge < -0.3 is 9.15 Å². The summed E-state index contributed by atoms with van der Waals surface area (Å²) in [6, 6.07) is 5.56. The normalized spacial score (nSPS) is 21.6. The molecule has 4 rings (SSSR count). The zero-order valence-electron chi connectivity index (χ0n) is 16.7. The summed E-state index contributed by atoms with van der Waals surface area (Å²) in [4.78, 5) is 48.5. The van der Waals surface area contributed by atoms with Crippen LogP contribution in [-0.2, 0) is 19.1 Å². The first-order valence-corrected chi connectivity index (χ1v) is 9.98. The number of nitro benzene ring substituents is 1. The summed E-state index contributed by atoms with van der Waals surface area (Å²) in [6.45, 7) is 1.08. The van der Waals surface area contributed by atoms with E-state index >= 15 is 0 Å². The van der Waals surface area contributed by atoms with E-state index in [2.05, 4.69) is 10.2 Å². The van der Waals surface area contributed by atoms with Crippen molar-refractivity contribution in [3.63, 3.8) is 0 Å². The summed E-state index contributed by atoms with van der Waals surface area (Å²) >= 11 is 0. The molecule has 1 saturated heterocycles. The van der Waals surface area contributed by atoms with E-state index in [1.54, 1.807) is 0 Å². The molecule has 31 heavy (non-hydrogen) atoms. The Morgan fingerprint density at radius 3 is 2.39 bits per heavy atom. The molecule has 0 bridgehead atoms. The molecule has 2 heterocycles. The molecule has 1 aliphatic heterocycles. The number of rotatable bonds is 6. The van der Waals surface area contributed by atoms with Gasteiger partial charge in [-0.3, -0.25) is 29.4 Å². The van der Waals surface area contributed by atoms with Gasteiger partial charge in [-0.25, -0.2) is 0 Å². The quantitative estimate of drug-likeness (QED) is 0.293. The van der Waals surface area contributed by atoms with Crippen LogP contribution in [0.2, 0.25) is 0 Å². The van der Waals surface area contributed by atoms with E-state index in [9.17, 15) is 24.5 Å². The molecule has 1 saturated carbocycles. The molecule has 11 heteroatoms. The molecule has 2 aliphatic rings. The number of carbonyl (C=O) groups excluding carboxylic acids is 3. The minimum absolute atomic E-state index is 0.0226. The summed E-state index contributed by atoms with van der Waals surface area (Å²) in [5.74, 6) is -1.88. The lowest BCUT2D eigenvalue weighted by Crippen LogP contribution is -2.37. The number of carbonyl (C=O) groups is 3. The number of imide groups is 1. The van der Waals surface area contributed by atoms with E-state index in [0.29, 0.717) is 18.4 Å². The van der Waals surface area contributed by atoms with Crippen LogP contribution in [0.4, 0.5) is 5.69 Å². The van der Waals surface area contributed by atoms with E-state index in [1.165, 1.54) is 31.2 Å². The molecule has 1 aliphatic carbocycles. The van der Waals surface area contributed by atoms with Crippen LogP contribution in [0.5, 0.6) is 0 Å². The van der Waals surface area contributed by atoms with E-state index in [-0.39, 0.29) is 41.1 Å². The third kappa shape index (κ3) is 4.03. The van der Waals surface area contributed by atoms with Gasteiger partial charge >= 0.3 is 5.97 Å². The van der Waals surface area contributed by atoms with Gasteiger partial charge in [-0.2, -0.15) is 0 Å². The van der Waals surface area contributed by atoms with Crippen LogP contribution >= 0.6 is 0 Å². The molecular weight excluding hydrogens is 408 g/mol. The summed E-state index contributed by atoms with van der Waals surface area (Å²) in [5.41, 5.74) is 0.398. The van der Waals surface area contributed by atoms with Crippen molar-refractivity contribution in [2.45, 2.75) is 38.7 Å². The Morgan fingerprint density at radius 2 is 1.81 bits per heavy atom. The largest absolute Gasteiger partial charge is 0.451 e. The number of nitro groups is 1. The van der Waals surface area contributed by atoms with Gasteiger partial charge in [0.2, 0.25) is 17.7 Å². The zero-order chi connectivity index (χ0) is 22.1. The van der Waals surface area contributed by atoms with Crippen molar-refractivity contribution in [2.75, 3.05) is 6.54 Å². The number of nitrogens with zero attached hydrogens (tertiary/aromatic N) is 4. The van der Waals surface area contributed by atoms with Crippen molar-refractivity contribution in [3.05, 3.63) is 40.3 Å². The Labute approximate surface area is 176 Å². The number of hydrogen-bond donors (Lipinski definition) is 0. The topological polar surface area (TPSA) is 146 Å². The first-order chi connectivity index (χ1) is 14.8. The second kappa shape index (κ2) is 8.25. The zero-order valence-corrected chi connectivity index (χ0v) is 16.7. The fraction of sp³-hybridized carbons (Fsp3) is 0.450. The highest BCUT2D eigenvalue weighted by Crippen LogP contribution is 2.38. The lowest BCUT2D eigenvalue weighted by molar-refractivity contribution is -0.384. The monoisotopic (exact) mass is 428 g/mol. The highest BCUT2D eigenvalue weighted by atomic mass is 16.6. The molecule has 162 valence electrons. The van der Waals surface area contributed by atoms with Crippen LogP contribution in [0.25, 0.3) is 11.5 Å². The van der Waals surface area contributed by atoms with Gasteiger partial charge in [0.05, 0.1) is 16.8 Å². The highest BCUT2D eigenvalue weighted by Gasteiger charge is 2.48. The summed E-state index contributed by atoms with van der Waals surface area (Å²) < 4.78 is 10.8. The maximum Gasteiger partial charge on any atom is 0.326 e. The van der Waals surface area contributed by atoms with Gasteiger partial charge in [0.15, 0.2) is 6.10 Å². The maximum absolute atomic E-state index is 12.5. The number of aromatic nitrogens is 2. The van der Waals surface area contributed by atoms with Crippen molar-refractivity contribution in [1.82, 2.24) is 15.1 Å². The second-order valence-corrected chi connectivity index (χ2v) is 7.64. The maximum atomic E-state index is 12.5. The van der Waals surface area contributed by atoms with E-state index < -0.39 is 23.5 Å². The second-order valence-electron chi connectivity index (χ2n) is 7.64. The summed E-state index contributed by atoms with van der Waals surface area (Å²) in [7, 11) is 0. The van der Waals surface area contributed by atoms with E-state index in [0.717, 1.165) is 17.7 Å². The number of likely N-dealkylation sites (tertiary alicyclic amines) is 1. The van der Waals surface area contributed by atoms with Crippen LogP contribution in [0.1, 0.15) is 44.6 Å². The Kier molecular flexibility index (Phi) is 5.49. The molecular formula is C20H20N4O7. The minimum atomic E-state index is -0.901. The van der Waals surface area contributed by atoms with Crippen molar-refractivity contribution < 1.29 is 28.5 Å². The van der Waals surface area contributed by atoms with Gasteiger partial charge in [0, 0.05) is 17.7 Å². The predicted molar refractivity (Wildman–Crippen MR) is 103 cm³/mol. The molecule has 2 fully saturated rings. The Hall–Kier alpha value is -3.63. The first kappa shape index (κ1) is 20.6. The number of esters is 1. The Bertz CT molecular complexity index is 1010. The Balaban J connectivity index is 1.38. The highest BCUT2D eigenvalue weighted by molar-refractivity contribution is 6.07. The van der Waals surface area contributed by atoms with E-state index in [4.69, 9.17) is 9.15 Å². The average Bonchev–Trinajstić information content (AvgIpc) is 3.34. The minimum Gasteiger partial charge on any atom is -0.451 e. The molecule has 1 aromatic carbocycles. The van der Waals surface area contributed by atoms with Crippen LogP contribution in [-0.4, -0.2) is 44.3 Å². The average molecular weight is 428 g/mol. The number of non-ortho nitro benzene ring substituents is 1. The van der Waals surface area contributed by atoms with Crippen LogP contribution in [0.3, 0.4) is 0 Å². The molecule has 2 amide bonds. The summed E-state index contributed by atoms with van der Waals surface area (Å²) in [5, 5.41) is 18.5. The first-order valence-electron chi connectivity index (χ1n) is 9.98. The predicted octanol–water partition coefficient (Wildman–Crippen LogP) is 2.42. The van der Waals surface area contributed by atoms with Gasteiger partial charge in [0.1, 0.15) is 6.54 Å². The van der Waals surface area contributed by atoms with Crippen LogP contribution in [0.15, 0.2) is 28.7 Å². The molecule has 11 nitrogen and oxygen atoms in total. The molecule has 3 atom stereocenters. The lowest BCUT2D eigenvalue weighted by atomic mass is 9.81. The molecule has 0 N–H and O–H groups in total. The molecule has 3 unspecified atom stereocenters. The fourth-order valence-corrected chi connectivity index (χ4v) is 4.04. The summed E-state index contributed by atoms with van der Waals surface area (Å²) in [6.07, 6.45) is 2.25. The fourth-order valence-electron chi connectivity index (χ4n) is 4.04. The third-order valence-electron chi connectivity index (χ3n) is 5.64. The number of ether oxygens (including phenoxy) is 1. The van der Waals surface area contributed by atoms with E-state index in [1.807, 2.05) is 0 Å². The SMILES string of the molecule is CC(OC(=O)CN1C(=O)C2CCCCC2C1=O)c1nnc(-c2ccc([N+](=O)[O-])cc2)o1. The standard InChI is InChI=1S/C20H20N4O7/c1-11(17-21-22-18(31-17)12-6-8-13(9-7-12)24(28)29)30-16(25)10-23-19(26)14-4-2-3-5-15(14)20(23)27/h6-9,11,14-15H,2-5,10H2,1H3. The number of amides is 2. The third-order valence-corrected chi connectivity index (χ3v) is 5.64. The van der Waals surface area contributed by atoms with Gasteiger partial charge in [-0.05, 0) is 31.9 Å². The molecule has 0 radical (unpaired) electrons.